The van der Waals surface area contributed by atoms with Gasteiger partial charge in [-0.3, -0.25) is 9.69 Å². The number of allylic oxidation sites excluding steroid dienone is 2. The molecule has 1 N–H and O–H groups in total. The third-order valence-electron chi connectivity index (χ3n) is 6.17. The van der Waals surface area contributed by atoms with Crippen LogP contribution >= 0.6 is 10.5 Å². The summed E-state index contributed by atoms with van der Waals surface area (Å²) in [5.74, 6) is 4.09. The van der Waals surface area contributed by atoms with E-state index >= 15 is 0 Å². The summed E-state index contributed by atoms with van der Waals surface area (Å²) in [5, 5.41) is 0.789. The highest BCUT2D eigenvalue weighted by Gasteiger charge is 2.17. The number of ketones is 1. The fourth-order valence-corrected chi connectivity index (χ4v) is 4.83. The molecule has 1 aromatic heterocycles. The molecule has 1 atom stereocenters. The third kappa shape index (κ3) is 5.82. The Labute approximate surface area is 187 Å². The molecule has 0 bridgehead atoms. The number of benzene rings is 1. The van der Waals surface area contributed by atoms with E-state index in [4.69, 9.17) is 4.74 Å². The number of aromatic nitrogens is 2. The maximum absolute atomic E-state index is 13.0. The van der Waals surface area contributed by atoms with Crippen molar-refractivity contribution in [3.8, 4) is 0 Å². The minimum absolute atomic E-state index is 0.0860. The summed E-state index contributed by atoms with van der Waals surface area (Å²) >= 11 is 0. The second kappa shape index (κ2) is 10.5. The van der Waals surface area contributed by atoms with Crippen LogP contribution in [0.2, 0.25) is 0 Å². The van der Waals surface area contributed by atoms with Crippen LogP contribution in [0, 0.1) is 0 Å². The van der Waals surface area contributed by atoms with E-state index in [0.29, 0.717) is 12.1 Å². The number of aromatic amines is 1. The number of hydrogen-bond acceptors (Lipinski definition) is 4. The van der Waals surface area contributed by atoms with Crippen molar-refractivity contribution in [2.24, 2.45) is 0 Å². The molecule has 1 fully saturated rings. The van der Waals surface area contributed by atoms with Crippen molar-refractivity contribution in [3.05, 3.63) is 52.9 Å². The van der Waals surface area contributed by atoms with E-state index in [0.717, 1.165) is 62.8 Å². The number of carbonyl (C=O) groups is 1. The fraction of sp³-hybridized carbons (Fsp3) is 0.480. The Morgan fingerprint density at radius 1 is 1.29 bits per heavy atom. The van der Waals surface area contributed by atoms with Crippen LogP contribution in [0.1, 0.15) is 52.9 Å². The van der Waals surface area contributed by atoms with Gasteiger partial charge in [0.1, 0.15) is 5.69 Å². The molecule has 1 aromatic carbocycles. The van der Waals surface area contributed by atoms with E-state index in [2.05, 4.69) is 45.0 Å². The van der Waals surface area contributed by atoms with E-state index in [1.165, 1.54) is 29.5 Å². The molecule has 2 heterocycles. The Morgan fingerprint density at radius 2 is 2.13 bits per heavy atom. The predicted octanol–water partition coefficient (Wildman–Crippen LogP) is 4.36. The molecular formula is C25H33N3O2S. The van der Waals surface area contributed by atoms with Crippen molar-refractivity contribution in [1.29, 1.82) is 0 Å². The van der Waals surface area contributed by atoms with Gasteiger partial charge in [0.2, 0.25) is 0 Å². The van der Waals surface area contributed by atoms with Gasteiger partial charge in [-0.05, 0) is 60.6 Å². The zero-order chi connectivity index (χ0) is 21.6. The fourth-order valence-electron chi connectivity index (χ4n) is 4.32. The predicted molar refractivity (Wildman–Crippen MR) is 129 cm³/mol. The van der Waals surface area contributed by atoms with Crippen LogP contribution in [-0.4, -0.2) is 65.6 Å². The molecule has 0 saturated carbocycles. The Bertz CT molecular complexity index is 973. The van der Waals surface area contributed by atoms with Gasteiger partial charge in [-0.15, -0.1) is 10.5 Å². The van der Waals surface area contributed by atoms with Crippen LogP contribution in [0.4, 0.5) is 0 Å². The molecule has 6 heteroatoms. The Balaban J connectivity index is 1.53. The monoisotopic (exact) mass is 439 g/mol. The zero-order valence-corrected chi connectivity index (χ0v) is 19.3. The molecule has 4 rings (SSSR count). The van der Waals surface area contributed by atoms with E-state index in [-0.39, 0.29) is 16.3 Å². The van der Waals surface area contributed by atoms with Crippen molar-refractivity contribution < 1.29 is 9.53 Å². The third-order valence-corrected chi connectivity index (χ3v) is 7.03. The van der Waals surface area contributed by atoms with Crippen LogP contribution in [0.5, 0.6) is 0 Å². The molecular weight excluding hydrogens is 406 g/mol. The number of hydrogen-bond donors (Lipinski definition) is 1. The highest BCUT2D eigenvalue weighted by Crippen LogP contribution is 2.31. The molecule has 0 amide bonds. The van der Waals surface area contributed by atoms with Gasteiger partial charge < -0.3 is 9.72 Å². The first-order valence-electron chi connectivity index (χ1n) is 11.3. The SMILES string of the molecule is C=S(C)c1ncc(C(=O)Cc2ccc(CCN3CCOCC3)cc2C2=CCCCC2)[nH]1. The smallest absolute Gasteiger partial charge is 0.185 e. The van der Waals surface area contributed by atoms with Gasteiger partial charge in [-0.25, -0.2) is 4.98 Å². The van der Waals surface area contributed by atoms with Gasteiger partial charge in [0.15, 0.2) is 10.9 Å². The lowest BCUT2D eigenvalue weighted by Gasteiger charge is -2.26. The molecule has 2 aliphatic rings. The molecule has 31 heavy (non-hydrogen) atoms. The molecule has 0 radical (unpaired) electrons. The summed E-state index contributed by atoms with van der Waals surface area (Å²) in [6.45, 7) is 4.76. The van der Waals surface area contributed by atoms with Gasteiger partial charge in [0, 0.05) is 26.1 Å². The largest absolute Gasteiger partial charge is 0.379 e. The van der Waals surface area contributed by atoms with Crippen LogP contribution < -0.4 is 0 Å². The minimum atomic E-state index is -0.227. The quantitative estimate of drug-likeness (QED) is 0.491. The number of ether oxygens (including phenoxy) is 1. The Morgan fingerprint density at radius 3 is 2.84 bits per heavy atom. The van der Waals surface area contributed by atoms with Gasteiger partial charge in [-0.2, -0.15) is 0 Å². The Kier molecular flexibility index (Phi) is 7.54. The average molecular weight is 440 g/mol. The molecule has 1 saturated heterocycles. The van der Waals surface area contributed by atoms with E-state index in [1.54, 1.807) is 6.20 Å². The summed E-state index contributed by atoms with van der Waals surface area (Å²) in [5.41, 5.74) is 5.72. The lowest BCUT2D eigenvalue weighted by Crippen LogP contribution is -2.37. The van der Waals surface area contributed by atoms with Crippen LogP contribution in [-0.2, 0) is 17.6 Å². The highest BCUT2D eigenvalue weighted by molar-refractivity contribution is 8.13. The standard InChI is InChI=1S/C25H33N3O2S/c1-31(2)25-26-18-23(27-25)24(29)17-21-9-8-19(10-11-28-12-14-30-15-13-28)16-22(21)20-6-4-3-5-7-20/h6,8-9,16,18H,1,3-5,7,10-15,17H2,2H3,(H,26,27). The van der Waals surface area contributed by atoms with E-state index in [1.807, 2.05) is 6.26 Å². The Hall–Kier alpha value is -2.02. The van der Waals surface area contributed by atoms with Crippen molar-refractivity contribution >= 4 is 27.7 Å². The molecule has 1 aliphatic carbocycles. The highest BCUT2D eigenvalue weighted by atomic mass is 32.2. The lowest BCUT2D eigenvalue weighted by molar-refractivity contribution is 0.0384. The van der Waals surface area contributed by atoms with Crippen molar-refractivity contribution in [1.82, 2.24) is 14.9 Å². The summed E-state index contributed by atoms with van der Waals surface area (Å²) in [6, 6.07) is 6.70. The first kappa shape index (κ1) is 22.2. The van der Waals surface area contributed by atoms with Crippen LogP contribution in [0.3, 0.4) is 0 Å². The molecule has 166 valence electrons. The maximum atomic E-state index is 13.0. The first-order valence-corrected chi connectivity index (χ1v) is 13.1. The van der Waals surface area contributed by atoms with E-state index < -0.39 is 0 Å². The van der Waals surface area contributed by atoms with Gasteiger partial charge in [-0.1, -0.05) is 30.1 Å². The molecule has 0 spiro atoms. The number of carbonyl (C=O) groups excluding carboxylic acids is 1. The number of morpholine rings is 1. The number of imidazole rings is 1. The summed E-state index contributed by atoms with van der Waals surface area (Å²) in [4.78, 5) is 22.9. The van der Waals surface area contributed by atoms with Gasteiger partial charge >= 0.3 is 0 Å². The zero-order valence-electron chi connectivity index (χ0n) is 18.5. The number of nitrogens with one attached hydrogen (secondary N) is 1. The van der Waals surface area contributed by atoms with Crippen molar-refractivity contribution in [3.63, 3.8) is 0 Å². The lowest BCUT2D eigenvalue weighted by atomic mass is 9.87. The first-order chi connectivity index (χ1) is 15.1. The van der Waals surface area contributed by atoms with Crippen LogP contribution in [0.25, 0.3) is 5.57 Å². The number of H-pyrrole nitrogens is 1. The summed E-state index contributed by atoms with van der Waals surface area (Å²) in [7, 11) is -0.227. The molecule has 2 aromatic rings. The van der Waals surface area contributed by atoms with E-state index in [9.17, 15) is 4.79 Å². The minimum Gasteiger partial charge on any atom is -0.379 e. The van der Waals surface area contributed by atoms with Gasteiger partial charge in [0.05, 0.1) is 19.4 Å². The second-order valence-electron chi connectivity index (χ2n) is 8.51. The molecule has 1 aliphatic heterocycles. The van der Waals surface area contributed by atoms with Crippen LogP contribution in [0.15, 0.2) is 35.6 Å². The average Bonchev–Trinajstić information content (AvgIpc) is 3.31. The summed E-state index contributed by atoms with van der Waals surface area (Å²) in [6.07, 6.45) is 12.2. The van der Waals surface area contributed by atoms with Crippen molar-refractivity contribution in [2.75, 3.05) is 39.1 Å². The molecule has 1 unspecified atom stereocenters. The number of nitrogens with zero attached hydrogens (tertiary/aromatic N) is 2. The maximum Gasteiger partial charge on any atom is 0.185 e. The number of rotatable bonds is 8. The normalized spacial score (nSPS) is 18.5. The number of Topliss-reactive ketones (excluding diaryl/α,β-unsaturated/α-hetero) is 1. The van der Waals surface area contributed by atoms with Gasteiger partial charge in [0.25, 0.3) is 0 Å². The van der Waals surface area contributed by atoms with Crippen molar-refractivity contribution in [2.45, 2.75) is 43.7 Å². The molecule has 5 nitrogen and oxygen atoms in total. The second-order valence-corrected chi connectivity index (χ2v) is 10.2. The topological polar surface area (TPSA) is 58.2 Å². The summed E-state index contributed by atoms with van der Waals surface area (Å²) < 4.78 is 5.46.